The maximum absolute atomic E-state index is 11.6. The highest BCUT2D eigenvalue weighted by molar-refractivity contribution is 5.71. The Morgan fingerprint density at radius 3 is 2.33 bits per heavy atom. The van der Waals surface area contributed by atoms with Gasteiger partial charge < -0.3 is 21.1 Å². The first kappa shape index (κ1) is 17.5. The van der Waals surface area contributed by atoms with Gasteiger partial charge in [0.05, 0.1) is 0 Å². The summed E-state index contributed by atoms with van der Waals surface area (Å²) in [7, 11) is 0. The number of alkyl carbamates (subject to hydrolysis) is 1. The van der Waals surface area contributed by atoms with Crippen LogP contribution in [0.4, 0.5) is 16.2 Å². The molecular weight excluding hydrogens is 310 g/mol. The number of anilines is 2. The van der Waals surface area contributed by atoms with E-state index in [9.17, 15) is 14.4 Å². The van der Waals surface area contributed by atoms with Crippen LogP contribution in [0.15, 0.2) is 33.9 Å². The van der Waals surface area contributed by atoms with E-state index >= 15 is 0 Å². The number of nitrogen functional groups attached to an aromatic ring is 1. The molecule has 0 aliphatic carbocycles. The third-order valence-electron chi connectivity index (χ3n) is 3.24. The minimum absolute atomic E-state index is 0.0252. The van der Waals surface area contributed by atoms with Gasteiger partial charge in [0, 0.05) is 13.1 Å². The van der Waals surface area contributed by atoms with Crippen LogP contribution >= 0.6 is 0 Å². The molecule has 2 rings (SSSR count). The van der Waals surface area contributed by atoms with E-state index in [0.717, 1.165) is 11.1 Å². The van der Waals surface area contributed by atoms with E-state index in [4.69, 9.17) is 10.5 Å². The van der Waals surface area contributed by atoms with Crippen molar-refractivity contribution >= 4 is 17.5 Å². The van der Waals surface area contributed by atoms with Crippen molar-refractivity contribution in [1.29, 1.82) is 0 Å². The van der Waals surface area contributed by atoms with E-state index in [1.54, 1.807) is 20.8 Å². The average Bonchev–Trinajstić information content (AvgIpc) is 2.51. The fourth-order valence-corrected chi connectivity index (χ4v) is 2.11. The van der Waals surface area contributed by atoms with E-state index in [1.165, 1.54) is 0 Å². The van der Waals surface area contributed by atoms with Gasteiger partial charge in [-0.15, -0.1) is 0 Å². The summed E-state index contributed by atoms with van der Waals surface area (Å²) in [6.07, 6.45) is -0.484. The maximum Gasteiger partial charge on any atom is 0.407 e. The monoisotopic (exact) mass is 331 g/mol. The van der Waals surface area contributed by atoms with Gasteiger partial charge >= 0.3 is 6.09 Å². The lowest BCUT2D eigenvalue weighted by molar-refractivity contribution is 0.0523. The maximum atomic E-state index is 11.6. The Kier molecular flexibility index (Phi) is 4.92. The highest BCUT2D eigenvalue weighted by atomic mass is 16.6. The second-order valence-corrected chi connectivity index (χ2v) is 6.48. The molecule has 0 saturated carbocycles. The number of hydrogen-bond donors (Lipinski definition) is 3. The largest absolute Gasteiger partial charge is 0.444 e. The molecule has 7 nitrogen and oxygen atoms in total. The first-order valence-corrected chi connectivity index (χ1v) is 7.54. The molecule has 4 N–H and O–H groups in total. The summed E-state index contributed by atoms with van der Waals surface area (Å²) in [5, 5.41) is 5.54. The van der Waals surface area contributed by atoms with Crippen molar-refractivity contribution in [3.05, 3.63) is 55.8 Å². The van der Waals surface area contributed by atoms with E-state index in [2.05, 4.69) is 10.6 Å². The van der Waals surface area contributed by atoms with Crippen LogP contribution in [0.5, 0.6) is 0 Å². The molecule has 2 aromatic carbocycles. The fourth-order valence-electron chi connectivity index (χ4n) is 2.11. The van der Waals surface area contributed by atoms with Crippen LogP contribution in [0.25, 0.3) is 0 Å². The topological polar surface area (TPSA) is 111 Å². The number of carbonyl (C=O) groups excluding carboxylic acids is 1. The van der Waals surface area contributed by atoms with E-state index in [0.29, 0.717) is 13.1 Å². The number of ether oxygens (including phenoxy) is 1. The lowest BCUT2D eigenvalue weighted by Gasteiger charge is -2.19. The molecule has 0 saturated heterocycles. The smallest absolute Gasteiger partial charge is 0.407 e. The van der Waals surface area contributed by atoms with Crippen molar-refractivity contribution in [2.24, 2.45) is 0 Å². The SMILES string of the molecule is CC(C)(C)OC(=O)NCc1cccc(CNc2c(N)c(=O)c2=O)c1. The Hall–Kier alpha value is -2.83. The molecule has 0 bridgehead atoms. The van der Waals surface area contributed by atoms with Gasteiger partial charge in [0.2, 0.25) is 0 Å². The lowest BCUT2D eigenvalue weighted by atomic mass is 10.1. The first-order valence-electron chi connectivity index (χ1n) is 7.54. The van der Waals surface area contributed by atoms with Gasteiger partial charge in [-0.3, -0.25) is 9.59 Å². The van der Waals surface area contributed by atoms with Crippen molar-refractivity contribution in [3.63, 3.8) is 0 Å². The molecule has 0 aliphatic rings. The van der Waals surface area contributed by atoms with Gasteiger partial charge in [-0.1, -0.05) is 24.3 Å². The van der Waals surface area contributed by atoms with Crippen LogP contribution in [-0.4, -0.2) is 11.7 Å². The number of hydrogen-bond acceptors (Lipinski definition) is 6. The highest BCUT2D eigenvalue weighted by Gasteiger charge is 2.17. The molecule has 0 fully saturated rings. The molecule has 0 heterocycles. The van der Waals surface area contributed by atoms with Crippen LogP contribution in [0.1, 0.15) is 31.9 Å². The fraction of sp³-hybridized carbons (Fsp3) is 0.353. The number of rotatable bonds is 5. The van der Waals surface area contributed by atoms with Crippen LogP contribution in [-0.2, 0) is 17.8 Å². The van der Waals surface area contributed by atoms with Gasteiger partial charge in [0.1, 0.15) is 17.0 Å². The minimum atomic E-state index is -0.646. The van der Waals surface area contributed by atoms with Gasteiger partial charge in [0.25, 0.3) is 10.9 Å². The standard InChI is InChI=1S/C17H21N3O4/c1-17(2,3)24-16(23)20-9-11-6-4-5-10(7-11)8-19-13-12(18)14(21)15(13)22/h4-7,19H,8-9,18H2,1-3H3,(H,20,23). The number of carbonyl (C=O) groups is 1. The molecule has 0 aliphatic heterocycles. The quantitative estimate of drug-likeness (QED) is 0.716. The van der Waals surface area contributed by atoms with Crippen molar-refractivity contribution in [1.82, 2.24) is 5.32 Å². The molecule has 2 aromatic rings. The number of amides is 1. The van der Waals surface area contributed by atoms with Gasteiger partial charge in [-0.25, -0.2) is 4.79 Å². The molecule has 1 amide bonds. The molecule has 0 spiro atoms. The minimum Gasteiger partial charge on any atom is -0.444 e. The second-order valence-electron chi connectivity index (χ2n) is 6.48. The Labute approximate surface area is 139 Å². The third-order valence-corrected chi connectivity index (χ3v) is 3.24. The van der Waals surface area contributed by atoms with E-state index in [1.807, 2.05) is 24.3 Å². The summed E-state index contributed by atoms with van der Waals surface area (Å²) >= 11 is 0. The van der Waals surface area contributed by atoms with Crippen LogP contribution < -0.4 is 27.2 Å². The Morgan fingerprint density at radius 2 is 1.75 bits per heavy atom. The van der Waals surface area contributed by atoms with E-state index in [-0.39, 0.29) is 11.4 Å². The number of benzene rings is 1. The van der Waals surface area contributed by atoms with Gasteiger partial charge in [0.15, 0.2) is 0 Å². The zero-order valence-electron chi connectivity index (χ0n) is 13.9. The zero-order chi connectivity index (χ0) is 17.9. The molecule has 0 radical (unpaired) electrons. The Balaban J connectivity index is 1.91. The zero-order valence-corrected chi connectivity index (χ0v) is 13.9. The first-order chi connectivity index (χ1) is 11.2. The third kappa shape index (κ3) is 4.34. The average molecular weight is 331 g/mol. The Bertz CT molecular complexity index is 814. The molecule has 0 atom stereocenters. The molecule has 0 unspecified atom stereocenters. The van der Waals surface area contributed by atoms with Gasteiger partial charge in [-0.2, -0.15) is 0 Å². The van der Waals surface area contributed by atoms with Crippen molar-refractivity contribution in [2.75, 3.05) is 11.1 Å². The second kappa shape index (κ2) is 6.74. The lowest BCUT2D eigenvalue weighted by Crippen LogP contribution is -2.36. The van der Waals surface area contributed by atoms with Crippen LogP contribution in [0, 0.1) is 0 Å². The number of nitrogens with one attached hydrogen (secondary N) is 2. The summed E-state index contributed by atoms with van der Waals surface area (Å²) < 4.78 is 5.17. The predicted octanol–water partition coefficient (Wildman–Crippen LogP) is 1.50. The normalized spacial score (nSPS) is 11.3. The molecule has 7 heteroatoms. The molecule has 128 valence electrons. The molecule has 0 aromatic heterocycles. The summed E-state index contributed by atoms with van der Waals surface area (Å²) in [4.78, 5) is 34.0. The van der Waals surface area contributed by atoms with E-state index < -0.39 is 22.6 Å². The number of nitrogens with two attached hydrogens (primary N) is 1. The summed E-state index contributed by atoms with van der Waals surface area (Å²) in [5.74, 6) is 0. The summed E-state index contributed by atoms with van der Waals surface area (Å²) in [6.45, 7) is 6.07. The summed E-state index contributed by atoms with van der Waals surface area (Å²) in [6, 6.07) is 7.46. The van der Waals surface area contributed by atoms with Crippen molar-refractivity contribution in [2.45, 2.75) is 39.5 Å². The molecule has 24 heavy (non-hydrogen) atoms. The van der Waals surface area contributed by atoms with Crippen LogP contribution in [0.3, 0.4) is 0 Å². The van der Waals surface area contributed by atoms with Crippen LogP contribution in [0.2, 0.25) is 0 Å². The van der Waals surface area contributed by atoms with Gasteiger partial charge in [-0.05, 0) is 31.9 Å². The Morgan fingerprint density at radius 1 is 1.12 bits per heavy atom. The molecular formula is C17H21N3O4. The predicted molar refractivity (Wildman–Crippen MR) is 92.6 cm³/mol. The highest BCUT2D eigenvalue weighted by Crippen LogP contribution is 2.13. The summed E-state index contributed by atoms with van der Waals surface area (Å²) in [5.41, 5.74) is 5.61. The van der Waals surface area contributed by atoms with Crippen molar-refractivity contribution < 1.29 is 9.53 Å². The van der Waals surface area contributed by atoms with Crippen molar-refractivity contribution in [3.8, 4) is 0 Å².